The maximum absolute atomic E-state index is 5.81. The molecule has 2 N–H and O–H groups in total. The first-order chi connectivity index (χ1) is 8.29. The van der Waals surface area contributed by atoms with Gasteiger partial charge in [0.05, 0.1) is 13.2 Å². The number of benzene rings is 1. The number of hydrogen-bond donors (Lipinski definition) is 1. The maximum atomic E-state index is 5.81. The topological polar surface area (TPSA) is 35.2 Å². The predicted molar refractivity (Wildman–Crippen MR) is 73.7 cm³/mol. The van der Waals surface area contributed by atoms with Crippen molar-refractivity contribution in [2.75, 3.05) is 13.2 Å². The van der Waals surface area contributed by atoms with Gasteiger partial charge in [0.15, 0.2) is 0 Å². The van der Waals surface area contributed by atoms with Crippen molar-refractivity contribution in [2.24, 2.45) is 17.6 Å². The quantitative estimate of drug-likeness (QED) is 0.905. The highest BCUT2D eigenvalue weighted by atomic mass is 79.9. The number of hydrogen-bond acceptors (Lipinski definition) is 2. The van der Waals surface area contributed by atoms with E-state index in [9.17, 15) is 0 Å². The number of ether oxygens (including phenoxy) is 1. The molecule has 1 aromatic rings. The van der Waals surface area contributed by atoms with Gasteiger partial charge in [0, 0.05) is 4.47 Å². The lowest BCUT2D eigenvalue weighted by molar-refractivity contribution is 0.0753. The summed E-state index contributed by atoms with van der Waals surface area (Å²) in [6, 6.07) is 8.28. The molecular weight excluding hydrogens is 278 g/mol. The Balaban J connectivity index is 1.76. The van der Waals surface area contributed by atoms with Crippen LogP contribution >= 0.6 is 15.9 Å². The van der Waals surface area contributed by atoms with Crippen LogP contribution in [0.3, 0.4) is 0 Å². The summed E-state index contributed by atoms with van der Waals surface area (Å²) < 4.78 is 6.92. The van der Waals surface area contributed by atoms with Gasteiger partial charge in [-0.1, -0.05) is 34.5 Å². The molecule has 0 bridgehead atoms. The Bertz CT molecular complexity index is 356. The van der Waals surface area contributed by atoms with Gasteiger partial charge >= 0.3 is 0 Å². The molecule has 0 amide bonds. The molecule has 2 unspecified atom stereocenters. The molecule has 1 aliphatic rings. The van der Waals surface area contributed by atoms with E-state index in [1.54, 1.807) is 0 Å². The lowest BCUT2D eigenvalue weighted by atomic mass is 9.97. The number of rotatable bonds is 5. The Labute approximate surface area is 112 Å². The molecular formula is C14H20BrNO. The van der Waals surface area contributed by atoms with Gasteiger partial charge in [-0.15, -0.1) is 0 Å². The summed E-state index contributed by atoms with van der Waals surface area (Å²) >= 11 is 3.47. The Morgan fingerprint density at radius 2 is 2.12 bits per heavy atom. The summed E-state index contributed by atoms with van der Waals surface area (Å²) in [7, 11) is 0. The SMILES string of the molecule is NCC1CCCC1COCc1cccc(Br)c1. The van der Waals surface area contributed by atoms with E-state index in [1.807, 2.05) is 12.1 Å². The van der Waals surface area contributed by atoms with Crippen LogP contribution in [0.25, 0.3) is 0 Å². The molecule has 17 heavy (non-hydrogen) atoms. The van der Waals surface area contributed by atoms with E-state index < -0.39 is 0 Å². The molecule has 94 valence electrons. The number of halogens is 1. The van der Waals surface area contributed by atoms with Crippen molar-refractivity contribution in [3.8, 4) is 0 Å². The van der Waals surface area contributed by atoms with Crippen molar-refractivity contribution >= 4 is 15.9 Å². The minimum absolute atomic E-state index is 0.673. The van der Waals surface area contributed by atoms with E-state index in [-0.39, 0.29) is 0 Å². The first kappa shape index (κ1) is 13.1. The first-order valence-electron chi connectivity index (χ1n) is 6.32. The van der Waals surface area contributed by atoms with E-state index >= 15 is 0 Å². The molecule has 3 heteroatoms. The van der Waals surface area contributed by atoms with E-state index in [2.05, 4.69) is 28.1 Å². The van der Waals surface area contributed by atoms with Crippen molar-refractivity contribution in [3.63, 3.8) is 0 Å². The minimum atomic E-state index is 0.673. The van der Waals surface area contributed by atoms with Crippen molar-refractivity contribution in [2.45, 2.75) is 25.9 Å². The zero-order valence-electron chi connectivity index (χ0n) is 10.1. The third-order valence-corrected chi connectivity index (χ3v) is 4.10. The molecule has 0 radical (unpaired) electrons. The summed E-state index contributed by atoms with van der Waals surface area (Å²) in [6.07, 6.45) is 3.87. The van der Waals surface area contributed by atoms with Gasteiger partial charge in [-0.3, -0.25) is 0 Å². The monoisotopic (exact) mass is 297 g/mol. The molecule has 0 saturated heterocycles. The Kier molecular flexibility index (Phi) is 5.01. The van der Waals surface area contributed by atoms with Gasteiger partial charge in [0.1, 0.15) is 0 Å². The predicted octanol–water partition coefficient (Wildman–Crippen LogP) is 3.34. The zero-order valence-corrected chi connectivity index (χ0v) is 11.7. The fourth-order valence-electron chi connectivity index (χ4n) is 2.60. The minimum Gasteiger partial charge on any atom is -0.376 e. The maximum Gasteiger partial charge on any atom is 0.0717 e. The first-order valence-corrected chi connectivity index (χ1v) is 7.11. The van der Waals surface area contributed by atoms with E-state index in [0.717, 1.165) is 17.6 Å². The molecule has 2 atom stereocenters. The Hall–Kier alpha value is -0.380. The van der Waals surface area contributed by atoms with E-state index in [1.165, 1.54) is 24.8 Å². The normalized spacial score (nSPS) is 24.1. The van der Waals surface area contributed by atoms with Crippen molar-refractivity contribution in [3.05, 3.63) is 34.3 Å². The average molecular weight is 298 g/mol. The summed E-state index contributed by atoms with van der Waals surface area (Å²) in [6.45, 7) is 2.37. The molecule has 0 heterocycles. The van der Waals surface area contributed by atoms with Crippen molar-refractivity contribution in [1.82, 2.24) is 0 Å². The molecule has 0 aromatic heterocycles. The smallest absolute Gasteiger partial charge is 0.0717 e. The van der Waals surface area contributed by atoms with Crippen LogP contribution in [0.4, 0.5) is 0 Å². The van der Waals surface area contributed by atoms with Crippen molar-refractivity contribution in [1.29, 1.82) is 0 Å². The summed E-state index contributed by atoms with van der Waals surface area (Å²) in [5.74, 6) is 1.35. The van der Waals surface area contributed by atoms with Crippen LogP contribution in [0.15, 0.2) is 28.7 Å². The van der Waals surface area contributed by atoms with E-state index in [0.29, 0.717) is 18.4 Å². The van der Waals surface area contributed by atoms with Crippen LogP contribution in [0.1, 0.15) is 24.8 Å². The van der Waals surface area contributed by atoms with Crippen LogP contribution < -0.4 is 5.73 Å². The zero-order chi connectivity index (χ0) is 12.1. The Morgan fingerprint density at radius 3 is 2.88 bits per heavy atom. The Morgan fingerprint density at radius 1 is 1.29 bits per heavy atom. The van der Waals surface area contributed by atoms with Gasteiger partial charge in [0.2, 0.25) is 0 Å². The van der Waals surface area contributed by atoms with Crippen LogP contribution in [-0.2, 0) is 11.3 Å². The molecule has 0 aliphatic heterocycles. The second-order valence-corrected chi connectivity index (χ2v) is 5.75. The fraction of sp³-hybridized carbons (Fsp3) is 0.571. The van der Waals surface area contributed by atoms with Gasteiger partial charge in [-0.25, -0.2) is 0 Å². The second-order valence-electron chi connectivity index (χ2n) is 4.83. The van der Waals surface area contributed by atoms with Gasteiger partial charge < -0.3 is 10.5 Å². The molecule has 1 aliphatic carbocycles. The average Bonchev–Trinajstić information content (AvgIpc) is 2.77. The molecule has 2 nitrogen and oxygen atoms in total. The van der Waals surface area contributed by atoms with Crippen molar-refractivity contribution < 1.29 is 4.74 Å². The summed E-state index contributed by atoms with van der Waals surface area (Å²) in [4.78, 5) is 0. The van der Waals surface area contributed by atoms with Gasteiger partial charge in [0.25, 0.3) is 0 Å². The molecule has 2 rings (SSSR count). The fourth-order valence-corrected chi connectivity index (χ4v) is 3.04. The molecule has 1 aromatic carbocycles. The van der Waals surface area contributed by atoms with Crippen LogP contribution in [0.5, 0.6) is 0 Å². The van der Waals surface area contributed by atoms with Crippen LogP contribution in [0, 0.1) is 11.8 Å². The summed E-state index contributed by atoms with van der Waals surface area (Å²) in [5, 5.41) is 0. The molecule has 0 spiro atoms. The highest BCUT2D eigenvalue weighted by Gasteiger charge is 2.25. The summed E-state index contributed by atoms with van der Waals surface area (Å²) in [5.41, 5.74) is 6.99. The largest absolute Gasteiger partial charge is 0.376 e. The van der Waals surface area contributed by atoms with Gasteiger partial charge in [-0.05, 0) is 48.9 Å². The second kappa shape index (κ2) is 6.53. The van der Waals surface area contributed by atoms with Gasteiger partial charge in [-0.2, -0.15) is 0 Å². The standard InChI is InChI=1S/C14H20BrNO/c15-14-6-1-3-11(7-14)9-17-10-13-5-2-4-12(13)8-16/h1,3,6-7,12-13H,2,4-5,8-10,16H2. The van der Waals surface area contributed by atoms with Crippen LogP contribution in [-0.4, -0.2) is 13.2 Å². The van der Waals surface area contributed by atoms with Crippen LogP contribution in [0.2, 0.25) is 0 Å². The third-order valence-electron chi connectivity index (χ3n) is 3.61. The lowest BCUT2D eigenvalue weighted by Crippen LogP contribution is -2.22. The lowest BCUT2D eigenvalue weighted by Gasteiger charge is -2.17. The highest BCUT2D eigenvalue weighted by molar-refractivity contribution is 9.10. The third kappa shape index (κ3) is 3.80. The molecule has 1 saturated carbocycles. The highest BCUT2D eigenvalue weighted by Crippen LogP contribution is 2.31. The molecule has 1 fully saturated rings. The van der Waals surface area contributed by atoms with E-state index in [4.69, 9.17) is 10.5 Å². The number of nitrogens with two attached hydrogens (primary N) is 1.